The molecule has 1 aromatic heterocycles. The van der Waals surface area contributed by atoms with E-state index in [1.54, 1.807) is 7.05 Å². The van der Waals surface area contributed by atoms with Crippen LogP contribution in [0.3, 0.4) is 0 Å². The lowest BCUT2D eigenvalue weighted by atomic mass is 9.92. The average molecular weight is 301 g/mol. The Morgan fingerprint density at radius 1 is 1.05 bits per heavy atom. The summed E-state index contributed by atoms with van der Waals surface area (Å²) in [6.07, 6.45) is 0. The predicted octanol–water partition coefficient (Wildman–Crippen LogP) is 2.35. The Bertz CT molecular complexity index is 791. The molecule has 22 heavy (non-hydrogen) atoms. The van der Waals surface area contributed by atoms with E-state index in [1.165, 1.54) is 14.8 Å². The highest BCUT2D eigenvalue weighted by Gasteiger charge is 2.24. The standard InChI is InChI=1S/C17H23N3O2/c1-11(2)12-7-9-13(10-8-12)20-15(21)14(17(3,4)5)18-19(6)16(20)22/h7-11H,1-6H3. The Morgan fingerprint density at radius 2 is 1.59 bits per heavy atom. The fraction of sp³-hybridized carbons (Fsp3) is 0.471. The van der Waals surface area contributed by atoms with Gasteiger partial charge >= 0.3 is 5.69 Å². The van der Waals surface area contributed by atoms with Crippen molar-refractivity contribution in [1.29, 1.82) is 0 Å². The summed E-state index contributed by atoms with van der Waals surface area (Å²) >= 11 is 0. The van der Waals surface area contributed by atoms with Crippen molar-refractivity contribution in [2.24, 2.45) is 7.05 Å². The summed E-state index contributed by atoms with van der Waals surface area (Å²) < 4.78 is 2.41. The predicted molar refractivity (Wildman–Crippen MR) is 87.9 cm³/mol. The molecule has 0 spiro atoms. The summed E-state index contributed by atoms with van der Waals surface area (Å²) in [7, 11) is 1.57. The SMILES string of the molecule is CC(C)c1ccc(-n2c(=O)c(C(C)(C)C)nn(C)c2=O)cc1. The van der Waals surface area contributed by atoms with Gasteiger partial charge in [-0.2, -0.15) is 5.10 Å². The molecule has 0 amide bonds. The maximum atomic E-state index is 12.7. The summed E-state index contributed by atoms with van der Waals surface area (Å²) in [6, 6.07) is 7.52. The van der Waals surface area contributed by atoms with Gasteiger partial charge in [0.05, 0.1) is 5.69 Å². The highest BCUT2D eigenvalue weighted by Crippen LogP contribution is 2.17. The molecule has 0 unspecified atom stereocenters. The first-order valence-electron chi connectivity index (χ1n) is 7.44. The quantitative estimate of drug-likeness (QED) is 0.855. The van der Waals surface area contributed by atoms with Crippen LogP contribution < -0.4 is 11.2 Å². The van der Waals surface area contributed by atoms with E-state index in [2.05, 4.69) is 18.9 Å². The Balaban J connectivity index is 2.72. The first-order chi connectivity index (χ1) is 10.1. The van der Waals surface area contributed by atoms with E-state index >= 15 is 0 Å². The van der Waals surface area contributed by atoms with Crippen LogP contribution in [0.5, 0.6) is 0 Å². The van der Waals surface area contributed by atoms with Crippen molar-refractivity contribution in [2.45, 2.75) is 46.0 Å². The van der Waals surface area contributed by atoms with Crippen molar-refractivity contribution in [2.75, 3.05) is 0 Å². The topological polar surface area (TPSA) is 56.9 Å². The third kappa shape index (κ3) is 2.89. The van der Waals surface area contributed by atoms with Crippen molar-refractivity contribution in [3.05, 3.63) is 56.4 Å². The van der Waals surface area contributed by atoms with Gasteiger partial charge in [0.2, 0.25) is 0 Å². The molecule has 5 heteroatoms. The molecule has 0 N–H and O–H groups in total. The molecular formula is C17H23N3O2. The molecule has 0 bridgehead atoms. The van der Waals surface area contributed by atoms with Gasteiger partial charge in [0, 0.05) is 12.5 Å². The number of hydrogen-bond donors (Lipinski definition) is 0. The zero-order chi connectivity index (χ0) is 16.7. The Labute approximate surface area is 130 Å². The Hall–Kier alpha value is -2.17. The van der Waals surface area contributed by atoms with Gasteiger partial charge in [-0.25, -0.2) is 14.0 Å². The second-order valence-electron chi connectivity index (χ2n) is 6.89. The van der Waals surface area contributed by atoms with E-state index in [0.717, 1.165) is 0 Å². The Kier molecular flexibility index (Phi) is 4.09. The van der Waals surface area contributed by atoms with Gasteiger partial charge in [-0.15, -0.1) is 0 Å². The molecule has 0 atom stereocenters. The van der Waals surface area contributed by atoms with Crippen molar-refractivity contribution >= 4 is 0 Å². The third-order valence-corrected chi connectivity index (χ3v) is 3.65. The monoisotopic (exact) mass is 301 g/mol. The van der Waals surface area contributed by atoms with Crippen LogP contribution in [0.25, 0.3) is 5.69 Å². The van der Waals surface area contributed by atoms with Gasteiger partial charge < -0.3 is 0 Å². The number of aromatic nitrogens is 3. The Morgan fingerprint density at radius 3 is 2.05 bits per heavy atom. The molecule has 0 saturated heterocycles. The molecule has 1 aromatic carbocycles. The van der Waals surface area contributed by atoms with Gasteiger partial charge in [-0.05, 0) is 23.6 Å². The van der Waals surface area contributed by atoms with Crippen LogP contribution >= 0.6 is 0 Å². The largest absolute Gasteiger partial charge is 0.351 e. The smallest absolute Gasteiger partial charge is 0.267 e. The molecule has 0 aliphatic heterocycles. The zero-order valence-electron chi connectivity index (χ0n) is 14.0. The van der Waals surface area contributed by atoms with E-state index in [1.807, 2.05) is 45.0 Å². The van der Waals surface area contributed by atoms with Crippen LogP contribution in [-0.4, -0.2) is 14.3 Å². The van der Waals surface area contributed by atoms with Crippen LogP contribution in [0.15, 0.2) is 33.9 Å². The molecule has 0 aliphatic carbocycles. The van der Waals surface area contributed by atoms with E-state index in [4.69, 9.17) is 0 Å². The first-order valence-corrected chi connectivity index (χ1v) is 7.44. The number of hydrogen-bond acceptors (Lipinski definition) is 3. The first kappa shape index (κ1) is 16.2. The minimum Gasteiger partial charge on any atom is -0.267 e. The van der Waals surface area contributed by atoms with E-state index in [0.29, 0.717) is 17.3 Å². The number of nitrogens with zero attached hydrogens (tertiary/aromatic N) is 3. The van der Waals surface area contributed by atoms with Crippen molar-refractivity contribution in [1.82, 2.24) is 14.3 Å². The molecule has 0 radical (unpaired) electrons. The lowest BCUT2D eigenvalue weighted by Crippen LogP contribution is -2.44. The minimum absolute atomic E-state index is 0.354. The second kappa shape index (κ2) is 5.55. The molecule has 118 valence electrons. The van der Waals surface area contributed by atoms with Crippen LogP contribution in [-0.2, 0) is 12.5 Å². The lowest BCUT2D eigenvalue weighted by Gasteiger charge is -2.19. The zero-order valence-corrected chi connectivity index (χ0v) is 14.0. The van der Waals surface area contributed by atoms with Crippen molar-refractivity contribution < 1.29 is 0 Å². The lowest BCUT2D eigenvalue weighted by molar-refractivity contribution is 0.499. The highest BCUT2D eigenvalue weighted by atomic mass is 16.2. The molecule has 0 fully saturated rings. The summed E-state index contributed by atoms with van der Waals surface area (Å²) in [4.78, 5) is 25.0. The molecule has 0 aliphatic rings. The number of benzene rings is 1. The summed E-state index contributed by atoms with van der Waals surface area (Å²) in [5.41, 5.74) is 0.898. The van der Waals surface area contributed by atoms with Gasteiger partial charge in [0.25, 0.3) is 5.56 Å². The maximum absolute atomic E-state index is 12.7. The summed E-state index contributed by atoms with van der Waals surface area (Å²) in [5.74, 6) is 0.399. The van der Waals surface area contributed by atoms with Gasteiger partial charge in [-0.3, -0.25) is 4.79 Å². The summed E-state index contributed by atoms with van der Waals surface area (Å²) in [6.45, 7) is 9.93. The molecular weight excluding hydrogens is 278 g/mol. The normalized spacial score (nSPS) is 12.0. The van der Waals surface area contributed by atoms with Crippen molar-refractivity contribution in [3.8, 4) is 5.69 Å². The van der Waals surface area contributed by atoms with Crippen LogP contribution in [0.1, 0.15) is 51.8 Å². The molecule has 2 rings (SSSR count). The second-order valence-corrected chi connectivity index (χ2v) is 6.89. The molecule has 2 aromatic rings. The van der Waals surface area contributed by atoms with Gasteiger partial charge in [0.1, 0.15) is 5.69 Å². The number of aryl methyl sites for hydroxylation is 1. The van der Waals surface area contributed by atoms with Crippen LogP contribution in [0.2, 0.25) is 0 Å². The van der Waals surface area contributed by atoms with Gasteiger partial charge in [-0.1, -0.05) is 46.8 Å². The maximum Gasteiger partial charge on any atom is 0.351 e. The van der Waals surface area contributed by atoms with Crippen LogP contribution in [0, 0.1) is 0 Å². The fourth-order valence-corrected chi connectivity index (χ4v) is 2.28. The minimum atomic E-state index is -0.435. The number of rotatable bonds is 2. The van der Waals surface area contributed by atoms with Crippen LogP contribution in [0.4, 0.5) is 0 Å². The van der Waals surface area contributed by atoms with E-state index < -0.39 is 11.1 Å². The fourth-order valence-electron chi connectivity index (χ4n) is 2.28. The molecule has 5 nitrogen and oxygen atoms in total. The summed E-state index contributed by atoms with van der Waals surface area (Å²) in [5, 5.41) is 4.15. The highest BCUT2D eigenvalue weighted by molar-refractivity contribution is 5.36. The van der Waals surface area contributed by atoms with Crippen molar-refractivity contribution in [3.63, 3.8) is 0 Å². The van der Waals surface area contributed by atoms with E-state index in [-0.39, 0.29) is 5.56 Å². The molecule has 1 heterocycles. The average Bonchev–Trinajstić information content (AvgIpc) is 2.42. The molecule has 0 saturated carbocycles. The third-order valence-electron chi connectivity index (χ3n) is 3.65. The van der Waals surface area contributed by atoms with Gasteiger partial charge in [0.15, 0.2) is 0 Å². The van der Waals surface area contributed by atoms with E-state index in [9.17, 15) is 9.59 Å².